The van der Waals surface area contributed by atoms with Crippen LogP contribution in [0.25, 0.3) is 0 Å². The molecule has 0 bridgehead atoms. The quantitative estimate of drug-likeness (QED) is 0.714. The number of hydrogen-bond donors (Lipinski definition) is 0. The molecule has 0 saturated carbocycles. The minimum atomic E-state index is -3.49. The number of halogens is 1. The van der Waals surface area contributed by atoms with Crippen LogP contribution in [0.15, 0.2) is 59.5 Å². The highest BCUT2D eigenvalue weighted by atomic mass is 35.5. The molecular formula is C19H21ClN2O3S2. The molecule has 0 unspecified atom stereocenters. The highest BCUT2D eigenvalue weighted by Crippen LogP contribution is 2.19. The minimum absolute atomic E-state index is 0.0470. The zero-order valence-corrected chi connectivity index (χ0v) is 17.1. The molecule has 5 nitrogen and oxygen atoms in total. The van der Waals surface area contributed by atoms with E-state index in [1.54, 1.807) is 47.0 Å². The van der Waals surface area contributed by atoms with E-state index in [4.69, 9.17) is 11.6 Å². The molecular weight excluding hydrogens is 404 g/mol. The summed E-state index contributed by atoms with van der Waals surface area (Å²) in [5, 5.41) is 0.697. The van der Waals surface area contributed by atoms with Crippen LogP contribution in [0.3, 0.4) is 0 Å². The number of rotatable bonds is 6. The van der Waals surface area contributed by atoms with Gasteiger partial charge in [0, 0.05) is 37.0 Å². The molecule has 0 aromatic heterocycles. The summed E-state index contributed by atoms with van der Waals surface area (Å²) >= 11 is 7.42. The van der Waals surface area contributed by atoms with E-state index in [9.17, 15) is 13.2 Å². The predicted molar refractivity (Wildman–Crippen MR) is 109 cm³/mol. The van der Waals surface area contributed by atoms with Crippen LogP contribution in [0, 0.1) is 0 Å². The predicted octanol–water partition coefficient (Wildman–Crippen LogP) is 3.11. The molecule has 3 rings (SSSR count). The lowest BCUT2D eigenvalue weighted by molar-refractivity contribution is -0.129. The van der Waals surface area contributed by atoms with Crippen molar-refractivity contribution in [3.8, 4) is 0 Å². The van der Waals surface area contributed by atoms with E-state index in [0.29, 0.717) is 41.8 Å². The smallest absolute Gasteiger partial charge is 0.243 e. The van der Waals surface area contributed by atoms with Crippen LogP contribution in [0.5, 0.6) is 0 Å². The van der Waals surface area contributed by atoms with Crippen LogP contribution >= 0.6 is 23.4 Å². The maximum Gasteiger partial charge on any atom is 0.243 e. The molecule has 1 fully saturated rings. The number of hydrogen-bond acceptors (Lipinski definition) is 4. The normalized spacial score (nSPS) is 15.7. The first-order valence-corrected chi connectivity index (χ1v) is 11.6. The lowest BCUT2D eigenvalue weighted by Crippen LogP contribution is -2.50. The van der Waals surface area contributed by atoms with Gasteiger partial charge in [-0.3, -0.25) is 4.79 Å². The maximum atomic E-state index is 12.6. The van der Waals surface area contributed by atoms with E-state index in [0.717, 1.165) is 11.3 Å². The van der Waals surface area contributed by atoms with Gasteiger partial charge in [0.1, 0.15) is 0 Å². The van der Waals surface area contributed by atoms with Gasteiger partial charge in [0.05, 0.1) is 10.6 Å². The van der Waals surface area contributed by atoms with Crippen LogP contribution < -0.4 is 0 Å². The van der Waals surface area contributed by atoms with Crippen molar-refractivity contribution in [2.45, 2.75) is 10.6 Å². The van der Waals surface area contributed by atoms with Crippen molar-refractivity contribution in [3.63, 3.8) is 0 Å². The summed E-state index contributed by atoms with van der Waals surface area (Å²) in [6.07, 6.45) is 0. The number of carbonyl (C=O) groups excluding carboxylic acids is 1. The highest BCUT2D eigenvalue weighted by Gasteiger charge is 2.29. The first-order chi connectivity index (χ1) is 13.0. The van der Waals surface area contributed by atoms with Crippen LogP contribution in [-0.2, 0) is 20.6 Å². The zero-order valence-electron chi connectivity index (χ0n) is 14.8. The van der Waals surface area contributed by atoms with Gasteiger partial charge >= 0.3 is 0 Å². The molecule has 0 spiro atoms. The third-order valence-electron chi connectivity index (χ3n) is 4.38. The second-order valence-electron chi connectivity index (χ2n) is 6.22. The van der Waals surface area contributed by atoms with E-state index in [2.05, 4.69) is 0 Å². The Hall–Kier alpha value is -1.54. The lowest BCUT2D eigenvalue weighted by Gasteiger charge is -2.34. The Morgan fingerprint density at radius 1 is 0.963 bits per heavy atom. The summed E-state index contributed by atoms with van der Waals surface area (Å²) in [6.45, 7) is 1.49. The number of carbonyl (C=O) groups is 1. The van der Waals surface area contributed by atoms with Gasteiger partial charge in [0.15, 0.2) is 0 Å². The van der Waals surface area contributed by atoms with E-state index in [1.165, 1.54) is 4.31 Å². The molecule has 0 aliphatic carbocycles. The Balaban J connectivity index is 1.47. The van der Waals surface area contributed by atoms with Crippen molar-refractivity contribution < 1.29 is 13.2 Å². The number of benzene rings is 2. The average molecular weight is 425 g/mol. The molecule has 1 amide bonds. The summed E-state index contributed by atoms with van der Waals surface area (Å²) in [7, 11) is -3.49. The van der Waals surface area contributed by atoms with Crippen molar-refractivity contribution in [1.29, 1.82) is 0 Å². The first kappa shape index (κ1) is 20.2. The van der Waals surface area contributed by atoms with E-state index >= 15 is 0 Å². The molecule has 0 N–H and O–H groups in total. The summed E-state index contributed by atoms with van der Waals surface area (Å²) in [5.74, 6) is 1.17. The Morgan fingerprint density at radius 2 is 1.59 bits per heavy atom. The monoisotopic (exact) mass is 424 g/mol. The van der Waals surface area contributed by atoms with Crippen LogP contribution in [0.2, 0.25) is 5.02 Å². The SMILES string of the molecule is O=C(CSCc1ccc(Cl)cc1)N1CCN(S(=O)(=O)c2ccccc2)CC1. The van der Waals surface area contributed by atoms with Gasteiger partial charge in [-0.05, 0) is 29.8 Å². The summed E-state index contributed by atoms with van der Waals surface area (Å²) in [4.78, 5) is 14.4. The van der Waals surface area contributed by atoms with Gasteiger partial charge in [0.25, 0.3) is 0 Å². The average Bonchev–Trinajstić information content (AvgIpc) is 2.70. The molecule has 8 heteroatoms. The lowest BCUT2D eigenvalue weighted by atomic mass is 10.2. The third-order valence-corrected chi connectivity index (χ3v) is 7.53. The molecule has 1 aliphatic heterocycles. The van der Waals surface area contributed by atoms with Crippen molar-refractivity contribution in [2.24, 2.45) is 0 Å². The Labute approximate surface area is 169 Å². The van der Waals surface area contributed by atoms with E-state index in [-0.39, 0.29) is 5.91 Å². The van der Waals surface area contributed by atoms with Gasteiger partial charge in [-0.25, -0.2) is 8.42 Å². The van der Waals surface area contributed by atoms with Gasteiger partial charge in [-0.1, -0.05) is 41.9 Å². The van der Waals surface area contributed by atoms with Crippen molar-refractivity contribution in [1.82, 2.24) is 9.21 Å². The fraction of sp³-hybridized carbons (Fsp3) is 0.316. The summed E-state index contributed by atoms with van der Waals surface area (Å²) in [5.41, 5.74) is 1.12. The van der Waals surface area contributed by atoms with Crippen molar-refractivity contribution in [2.75, 3.05) is 31.9 Å². The topological polar surface area (TPSA) is 57.7 Å². The van der Waals surface area contributed by atoms with E-state index in [1.807, 2.05) is 24.3 Å². The standard InChI is InChI=1S/C19H21ClN2O3S2/c20-17-8-6-16(7-9-17)14-26-15-19(23)21-10-12-22(13-11-21)27(24,25)18-4-2-1-3-5-18/h1-9H,10-15H2. The molecule has 2 aromatic carbocycles. The molecule has 27 heavy (non-hydrogen) atoms. The first-order valence-electron chi connectivity index (χ1n) is 8.62. The molecule has 0 atom stereocenters. The number of amides is 1. The molecule has 144 valence electrons. The third kappa shape index (κ3) is 5.25. The zero-order chi connectivity index (χ0) is 19.3. The fourth-order valence-electron chi connectivity index (χ4n) is 2.85. The maximum absolute atomic E-state index is 12.6. The van der Waals surface area contributed by atoms with Gasteiger partial charge in [-0.2, -0.15) is 4.31 Å². The number of piperazine rings is 1. The molecule has 1 heterocycles. The highest BCUT2D eigenvalue weighted by molar-refractivity contribution is 7.99. The second kappa shape index (κ2) is 9.10. The Kier molecular flexibility index (Phi) is 6.81. The van der Waals surface area contributed by atoms with E-state index < -0.39 is 10.0 Å². The van der Waals surface area contributed by atoms with Crippen molar-refractivity contribution in [3.05, 3.63) is 65.2 Å². The van der Waals surface area contributed by atoms with Crippen LogP contribution in [-0.4, -0.2) is 55.5 Å². The molecule has 1 saturated heterocycles. The number of thioether (sulfide) groups is 1. The fourth-order valence-corrected chi connectivity index (χ4v) is 5.30. The molecule has 2 aromatic rings. The summed E-state index contributed by atoms with van der Waals surface area (Å²) in [6, 6.07) is 16.0. The second-order valence-corrected chi connectivity index (χ2v) is 9.58. The minimum Gasteiger partial charge on any atom is -0.339 e. The summed E-state index contributed by atoms with van der Waals surface area (Å²) < 4.78 is 26.7. The van der Waals surface area contributed by atoms with Gasteiger partial charge in [-0.15, -0.1) is 11.8 Å². The number of nitrogens with zero attached hydrogens (tertiary/aromatic N) is 2. The number of sulfonamides is 1. The van der Waals surface area contributed by atoms with Gasteiger partial charge < -0.3 is 4.90 Å². The molecule has 1 aliphatic rings. The molecule has 0 radical (unpaired) electrons. The van der Waals surface area contributed by atoms with Crippen LogP contribution in [0.1, 0.15) is 5.56 Å². The Morgan fingerprint density at radius 3 is 2.22 bits per heavy atom. The largest absolute Gasteiger partial charge is 0.339 e. The van der Waals surface area contributed by atoms with Gasteiger partial charge in [0.2, 0.25) is 15.9 Å². The van der Waals surface area contributed by atoms with Crippen molar-refractivity contribution >= 4 is 39.3 Å². The van der Waals surface area contributed by atoms with Crippen LogP contribution in [0.4, 0.5) is 0 Å². The Bertz CT molecular complexity index is 866.